The Kier molecular flexibility index (Phi) is 6.56. The Morgan fingerprint density at radius 3 is 2.74 bits per heavy atom. The Labute approximate surface area is 160 Å². The van der Waals surface area contributed by atoms with Crippen molar-refractivity contribution < 1.29 is 14.8 Å². The van der Waals surface area contributed by atoms with Gasteiger partial charge >= 0.3 is 0 Å². The minimum Gasteiger partial charge on any atom is -0.351 e. The van der Waals surface area contributed by atoms with E-state index in [1.165, 1.54) is 11.3 Å². The number of hydroxylamine groups is 1. The maximum Gasteiger partial charge on any atom is 0.261 e. The third-order valence-corrected chi connectivity index (χ3v) is 5.43. The molecule has 7 nitrogen and oxygen atoms in total. The van der Waals surface area contributed by atoms with Crippen LogP contribution in [0, 0.1) is 0 Å². The summed E-state index contributed by atoms with van der Waals surface area (Å²) in [4.78, 5) is 23.9. The van der Waals surface area contributed by atoms with E-state index in [2.05, 4.69) is 21.6 Å². The van der Waals surface area contributed by atoms with Gasteiger partial charge in [0.15, 0.2) is 0 Å². The predicted octanol–water partition coefficient (Wildman–Crippen LogP) is 3.48. The van der Waals surface area contributed by atoms with E-state index < -0.39 is 0 Å². The highest BCUT2D eigenvalue weighted by Crippen LogP contribution is 2.30. The maximum atomic E-state index is 12.3. The van der Waals surface area contributed by atoms with Crippen LogP contribution in [0.5, 0.6) is 0 Å². The van der Waals surface area contributed by atoms with Crippen molar-refractivity contribution in [2.75, 3.05) is 6.54 Å². The second-order valence-corrected chi connectivity index (χ2v) is 7.39. The summed E-state index contributed by atoms with van der Waals surface area (Å²) >= 11 is 1.49. The molecule has 2 heterocycles. The zero-order chi connectivity index (χ0) is 19.1. The van der Waals surface area contributed by atoms with E-state index in [0.717, 1.165) is 46.9 Å². The summed E-state index contributed by atoms with van der Waals surface area (Å²) in [5.74, 6) is -0.412. The molecule has 142 valence electrons. The molecule has 2 aromatic heterocycles. The third kappa shape index (κ3) is 5.15. The van der Waals surface area contributed by atoms with Gasteiger partial charge in [0.1, 0.15) is 0 Å². The molecule has 3 aromatic rings. The van der Waals surface area contributed by atoms with Crippen LogP contribution >= 0.6 is 11.3 Å². The molecule has 0 radical (unpaired) electrons. The Morgan fingerprint density at radius 1 is 1.11 bits per heavy atom. The van der Waals surface area contributed by atoms with Gasteiger partial charge in [-0.1, -0.05) is 18.9 Å². The van der Waals surface area contributed by atoms with Crippen molar-refractivity contribution in [2.45, 2.75) is 32.1 Å². The fraction of sp³-hybridized carbons (Fsp3) is 0.316. The van der Waals surface area contributed by atoms with Gasteiger partial charge in [0.05, 0.1) is 11.1 Å². The number of benzene rings is 1. The zero-order valence-electron chi connectivity index (χ0n) is 14.8. The van der Waals surface area contributed by atoms with E-state index >= 15 is 0 Å². The highest BCUT2D eigenvalue weighted by atomic mass is 32.1. The van der Waals surface area contributed by atoms with Crippen molar-refractivity contribution in [3.8, 4) is 11.1 Å². The van der Waals surface area contributed by atoms with E-state index in [0.29, 0.717) is 17.8 Å². The van der Waals surface area contributed by atoms with Gasteiger partial charge in [0.25, 0.3) is 5.91 Å². The van der Waals surface area contributed by atoms with E-state index in [9.17, 15) is 9.59 Å². The number of nitrogens with one attached hydrogen (secondary N) is 3. The van der Waals surface area contributed by atoms with Gasteiger partial charge in [0, 0.05) is 29.4 Å². The van der Waals surface area contributed by atoms with Crippen LogP contribution in [0.3, 0.4) is 0 Å². The second kappa shape index (κ2) is 9.29. The number of nitrogens with zero attached hydrogens (tertiary/aromatic N) is 1. The molecular weight excluding hydrogens is 364 g/mol. The van der Waals surface area contributed by atoms with Crippen molar-refractivity contribution in [1.29, 1.82) is 0 Å². The Bertz CT molecular complexity index is 905. The quantitative estimate of drug-likeness (QED) is 0.256. The standard InChI is InChI=1S/C19H22N4O3S/c24-18(23-26)5-3-1-2-4-8-20-19(25)17-10-14-9-13(6-7-16(14)27-17)15-11-21-22-12-15/h6-7,9-12,26H,1-5,8H2,(H,20,25)(H,21,22)(H,23,24). The molecule has 0 aliphatic heterocycles. The first-order valence-corrected chi connectivity index (χ1v) is 9.73. The zero-order valence-corrected chi connectivity index (χ0v) is 15.6. The number of aromatic nitrogens is 2. The SMILES string of the molecule is O=C(CCCCCCNC(=O)c1cc2cc(-c3cn[nH]c3)ccc2s1)NO. The molecule has 0 bridgehead atoms. The number of rotatable bonds is 9. The lowest BCUT2D eigenvalue weighted by molar-refractivity contribution is -0.129. The molecule has 27 heavy (non-hydrogen) atoms. The van der Waals surface area contributed by atoms with Crippen LogP contribution < -0.4 is 10.8 Å². The Hall–Kier alpha value is -2.71. The van der Waals surface area contributed by atoms with E-state index in [1.807, 2.05) is 24.4 Å². The van der Waals surface area contributed by atoms with Crippen molar-refractivity contribution in [3.63, 3.8) is 0 Å². The average Bonchev–Trinajstić information content (AvgIpc) is 3.35. The van der Waals surface area contributed by atoms with Crippen LogP contribution in [0.15, 0.2) is 36.7 Å². The summed E-state index contributed by atoms with van der Waals surface area (Å²) in [5, 5.41) is 19.2. The normalized spacial score (nSPS) is 10.9. The largest absolute Gasteiger partial charge is 0.351 e. The summed E-state index contributed by atoms with van der Waals surface area (Å²) in [6.45, 7) is 0.611. The lowest BCUT2D eigenvalue weighted by atomic mass is 10.1. The number of hydrogen-bond donors (Lipinski definition) is 4. The van der Waals surface area contributed by atoms with E-state index in [4.69, 9.17) is 5.21 Å². The number of unbranched alkanes of at least 4 members (excludes halogenated alkanes) is 3. The first kappa shape index (κ1) is 19.1. The highest BCUT2D eigenvalue weighted by Gasteiger charge is 2.11. The topological polar surface area (TPSA) is 107 Å². The summed E-state index contributed by atoms with van der Waals surface area (Å²) in [6, 6.07) is 8.05. The minimum atomic E-state index is -0.357. The molecule has 1 aromatic carbocycles. The van der Waals surface area contributed by atoms with Crippen molar-refractivity contribution in [2.24, 2.45) is 0 Å². The molecule has 0 spiro atoms. The van der Waals surface area contributed by atoms with Crippen LogP contribution in [0.2, 0.25) is 0 Å². The van der Waals surface area contributed by atoms with Crippen LogP contribution in [0.4, 0.5) is 0 Å². The molecule has 0 saturated carbocycles. The third-order valence-electron chi connectivity index (χ3n) is 4.31. The number of carbonyl (C=O) groups excluding carboxylic acids is 2. The first-order valence-electron chi connectivity index (χ1n) is 8.91. The lowest BCUT2D eigenvalue weighted by Gasteiger charge is -2.03. The average molecular weight is 386 g/mol. The van der Waals surface area contributed by atoms with Crippen LogP contribution in [0.25, 0.3) is 21.2 Å². The van der Waals surface area contributed by atoms with Crippen LogP contribution in [-0.2, 0) is 4.79 Å². The molecule has 8 heteroatoms. The molecule has 2 amide bonds. The fourth-order valence-electron chi connectivity index (χ4n) is 2.85. The molecule has 0 aliphatic carbocycles. The minimum absolute atomic E-state index is 0.0549. The summed E-state index contributed by atoms with van der Waals surface area (Å²) < 4.78 is 1.08. The summed E-state index contributed by atoms with van der Waals surface area (Å²) in [6.07, 6.45) is 7.36. The number of amides is 2. The Morgan fingerprint density at radius 2 is 1.96 bits per heavy atom. The van der Waals surface area contributed by atoms with Gasteiger partial charge < -0.3 is 5.32 Å². The van der Waals surface area contributed by atoms with Crippen molar-refractivity contribution in [3.05, 3.63) is 41.5 Å². The van der Waals surface area contributed by atoms with E-state index in [-0.39, 0.29) is 11.8 Å². The molecule has 0 fully saturated rings. The van der Waals surface area contributed by atoms with Crippen molar-refractivity contribution in [1.82, 2.24) is 21.0 Å². The molecular formula is C19H22N4O3S. The molecule has 0 atom stereocenters. The molecule has 0 saturated heterocycles. The molecule has 0 unspecified atom stereocenters. The number of fused-ring (bicyclic) bond motifs is 1. The van der Waals surface area contributed by atoms with Crippen LogP contribution in [0.1, 0.15) is 41.8 Å². The van der Waals surface area contributed by atoms with Crippen molar-refractivity contribution >= 4 is 33.2 Å². The first-order chi connectivity index (χ1) is 13.2. The number of carbonyl (C=O) groups is 2. The van der Waals surface area contributed by atoms with Gasteiger partial charge in [-0.25, -0.2) is 5.48 Å². The Balaban J connectivity index is 1.47. The van der Waals surface area contributed by atoms with Gasteiger partial charge in [-0.3, -0.25) is 19.9 Å². The number of hydrogen-bond acceptors (Lipinski definition) is 5. The lowest BCUT2D eigenvalue weighted by Crippen LogP contribution is -2.23. The summed E-state index contributed by atoms with van der Waals surface area (Å²) in [7, 11) is 0. The molecule has 3 rings (SSSR count). The predicted molar refractivity (Wildman–Crippen MR) is 105 cm³/mol. The van der Waals surface area contributed by atoms with Crippen LogP contribution in [-0.4, -0.2) is 33.8 Å². The number of aromatic amines is 1. The molecule has 4 N–H and O–H groups in total. The fourth-order valence-corrected chi connectivity index (χ4v) is 3.81. The van der Waals surface area contributed by atoms with Gasteiger partial charge in [-0.15, -0.1) is 11.3 Å². The molecule has 0 aliphatic rings. The highest BCUT2D eigenvalue weighted by molar-refractivity contribution is 7.20. The maximum absolute atomic E-state index is 12.3. The number of thiophene rings is 1. The van der Waals surface area contributed by atoms with Gasteiger partial charge in [-0.05, 0) is 42.0 Å². The second-order valence-electron chi connectivity index (χ2n) is 6.31. The van der Waals surface area contributed by atoms with Gasteiger partial charge in [-0.2, -0.15) is 5.10 Å². The monoisotopic (exact) mass is 386 g/mol. The number of H-pyrrole nitrogens is 1. The van der Waals surface area contributed by atoms with Gasteiger partial charge in [0.2, 0.25) is 5.91 Å². The smallest absolute Gasteiger partial charge is 0.261 e. The van der Waals surface area contributed by atoms with E-state index in [1.54, 1.807) is 11.7 Å². The summed E-state index contributed by atoms with van der Waals surface area (Å²) in [5.41, 5.74) is 3.71.